The van der Waals surface area contributed by atoms with Crippen LogP contribution in [0.15, 0.2) is 17.3 Å². The third-order valence-corrected chi connectivity index (χ3v) is 1.18. The number of anilines is 1. The summed E-state index contributed by atoms with van der Waals surface area (Å²) < 4.78 is 1.60. The molecule has 0 aromatic carbocycles. The topological polar surface area (TPSA) is 64.2 Å². The first kappa shape index (κ1) is 7.39. The predicted octanol–water partition coefficient (Wildman–Crippen LogP) is 1.15. The van der Waals surface area contributed by atoms with E-state index in [0.29, 0.717) is 11.5 Å². The molecule has 52 valence electrons. The first-order valence-electron chi connectivity index (χ1n) is 2.54. The van der Waals surface area contributed by atoms with E-state index in [9.17, 15) is 0 Å². The molecular weight excluding hydrogens is 243 g/mol. The molecule has 0 aliphatic heterocycles. The molecule has 1 aromatic rings. The van der Waals surface area contributed by atoms with Crippen molar-refractivity contribution >= 4 is 38.3 Å². The van der Waals surface area contributed by atoms with Gasteiger partial charge >= 0.3 is 0 Å². The largest absolute Gasteiger partial charge is 0.396 e. The SMILES string of the molecule is Nc1ccnnc1/N=C\I. The fraction of sp³-hybridized carbons (Fsp3) is 0. The first-order valence-corrected chi connectivity index (χ1v) is 3.79. The van der Waals surface area contributed by atoms with Gasteiger partial charge in [-0.05, 0) is 28.7 Å². The molecule has 0 bridgehead atoms. The molecule has 2 N–H and O–H groups in total. The van der Waals surface area contributed by atoms with Crippen LogP contribution in [-0.2, 0) is 0 Å². The highest BCUT2D eigenvalue weighted by molar-refractivity contribution is 14.1. The van der Waals surface area contributed by atoms with E-state index in [2.05, 4.69) is 15.2 Å². The molecule has 0 radical (unpaired) electrons. The Morgan fingerprint density at radius 1 is 1.70 bits per heavy atom. The molecule has 10 heavy (non-hydrogen) atoms. The van der Waals surface area contributed by atoms with Crippen molar-refractivity contribution in [1.29, 1.82) is 0 Å². The molecule has 1 rings (SSSR count). The highest BCUT2D eigenvalue weighted by Gasteiger charge is 1.93. The summed E-state index contributed by atoms with van der Waals surface area (Å²) in [5.41, 5.74) is 6.03. The molecule has 0 amide bonds. The zero-order valence-electron chi connectivity index (χ0n) is 5.03. The third-order valence-electron chi connectivity index (χ3n) is 0.902. The smallest absolute Gasteiger partial charge is 0.198 e. The van der Waals surface area contributed by atoms with Gasteiger partial charge in [-0.2, -0.15) is 5.10 Å². The lowest BCUT2D eigenvalue weighted by Gasteiger charge is -1.92. The second kappa shape index (κ2) is 3.45. The van der Waals surface area contributed by atoms with Crippen LogP contribution in [0.25, 0.3) is 0 Å². The quantitative estimate of drug-likeness (QED) is 0.599. The Hall–Kier alpha value is -0.720. The van der Waals surface area contributed by atoms with Gasteiger partial charge in [0.15, 0.2) is 5.82 Å². The molecule has 0 atom stereocenters. The van der Waals surface area contributed by atoms with Crippen molar-refractivity contribution in [2.45, 2.75) is 0 Å². The number of nitrogens with two attached hydrogens (primary N) is 1. The fourth-order valence-electron chi connectivity index (χ4n) is 0.481. The van der Waals surface area contributed by atoms with Crippen molar-refractivity contribution < 1.29 is 0 Å². The van der Waals surface area contributed by atoms with E-state index in [-0.39, 0.29) is 0 Å². The number of halogens is 1. The molecule has 1 aromatic heterocycles. The zero-order valence-corrected chi connectivity index (χ0v) is 7.19. The minimum absolute atomic E-state index is 0.469. The molecular formula is C5H5IN4. The van der Waals surface area contributed by atoms with Crippen LogP contribution in [0.4, 0.5) is 11.5 Å². The maximum atomic E-state index is 5.49. The Bertz CT molecular complexity index is 247. The lowest BCUT2D eigenvalue weighted by molar-refractivity contribution is 1.03. The highest BCUT2D eigenvalue weighted by atomic mass is 127. The Labute approximate surface area is 71.7 Å². The molecule has 1 heterocycles. The minimum atomic E-state index is 0.469. The van der Waals surface area contributed by atoms with Crippen LogP contribution < -0.4 is 5.73 Å². The molecule has 0 saturated heterocycles. The lowest BCUT2D eigenvalue weighted by atomic mass is 10.4. The van der Waals surface area contributed by atoms with Gasteiger partial charge in [0.1, 0.15) is 0 Å². The summed E-state index contributed by atoms with van der Waals surface area (Å²) in [5.74, 6) is 0.469. The highest BCUT2D eigenvalue weighted by Crippen LogP contribution is 2.14. The van der Waals surface area contributed by atoms with Crippen molar-refractivity contribution in [2.75, 3.05) is 5.73 Å². The summed E-state index contributed by atoms with van der Waals surface area (Å²) in [6.45, 7) is 0. The first-order chi connectivity index (χ1) is 4.84. The maximum Gasteiger partial charge on any atom is 0.198 e. The molecule has 0 aliphatic rings. The lowest BCUT2D eigenvalue weighted by Crippen LogP contribution is -1.88. The van der Waals surface area contributed by atoms with Crippen molar-refractivity contribution in [2.24, 2.45) is 4.99 Å². The molecule has 0 spiro atoms. The number of rotatable bonds is 1. The van der Waals surface area contributed by atoms with Crippen LogP contribution >= 0.6 is 22.6 Å². The molecule has 5 heteroatoms. The average molecular weight is 248 g/mol. The van der Waals surface area contributed by atoms with Gasteiger partial charge in [-0.15, -0.1) is 5.10 Å². The summed E-state index contributed by atoms with van der Waals surface area (Å²) in [5, 5.41) is 7.31. The van der Waals surface area contributed by atoms with Crippen LogP contribution in [0.1, 0.15) is 0 Å². The Morgan fingerprint density at radius 2 is 2.50 bits per heavy atom. The average Bonchev–Trinajstić information content (AvgIpc) is 1.94. The third kappa shape index (κ3) is 1.63. The number of hydrogen-bond acceptors (Lipinski definition) is 4. The molecule has 0 unspecified atom stereocenters. The van der Waals surface area contributed by atoms with Gasteiger partial charge in [0.2, 0.25) is 0 Å². The van der Waals surface area contributed by atoms with E-state index < -0.39 is 0 Å². The van der Waals surface area contributed by atoms with Crippen LogP contribution in [0.5, 0.6) is 0 Å². The van der Waals surface area contributed by atoms with Gasteiger partial charge in [0, 0.05) is 0 Å². The summed E-state index contributed by atoms with van der Waals surface area (Å²) in [6.07, 6.45) is 1.53. The number of aromatic nitrogens is 2. The van der Waals surface area contributed by atoms with E-state index in [0.717, 1.165) is 0 Å². The van der Waals surface area contributed by atoms with E-state index in [1.54, 1.807) is 10.3 Å². The van der Waals surface area contributed by atoms with Crippen molar-refractivity contribution in [3.05, 3.63) is 12.3 Å². The van der Waals surface area contributed by atoms with Gasteiger partial charge in [-0.3, -0.25) is 0 Å². The van der Waals surface area contributed by atoms with Gasteiger partial charge in [0.25, 0.3) is 0 Å². The van der Waals surface area contributed by atoms with Crippen molar-refractivity contribution in [1.82, 2.24) is 10.2 Å². The van der Waals surface area contributed by atoms with Crippen LogP contribution in [-0.4, -0.2) is 14.4 Å². The Kier molecular flexibility index (Phi) is 2.55. The van der Waals surface area contributed by atoms with Crippen molar-refractivity contribution in [3.8, 4) is 0 Å². The van der Waals surface area contributed by atoms with Crippen LogP contribution in [0.2, 0.25) is 0 Å². The van der Waals surface area contributed by atoms with E-state index in [1.165, 1.54) is 6.20 Å². The zero-order chi connectivity index (χ0) is 7.40. The second-order valence-electron chi connectivity index (χ2n) is 1.54. The van der Waals surface area contributed by atoms with Crippen LogP contribution in [0.3, 0.4) is 0 Å². The van der Waals surface area contributed by atoms with Crippen molar-refractivity contribution in [3.63, 3.8) is 0 Å². The molecule has 0 aliphatic carbocycles. The fourth-order valence-corrected chi connectivity index (χ4v) is 0.744. The molecule has 0 saturated carbocycles. The van der Waals surface area contributed by atoms with Gasteiger partial charge in [-0.25, -0.2) is 4.99 Å². The second-order valence-corrected chi connectivity index (χ2v) is 2.09. The standard InChI is InChI=1S/C5H5IN4/c6-3-8-5-4(7)1-2-9-10-5/h1-3H,(H2,7,9)/b8-3-. The normalized spacial score (nSPS) is 10.5. The minimum Gasteiger partial charge on any atom is -0.396 e. The van der Waals surface area contributed by atoms with E-state index >= 15 is 0 Å². The summed E-state index contributed by atoms with van der Waals surface area (Å²) in [6, 6.07) is 1.66. The van der Waals surface area contributed by atoms with Gasteiger partial charge in [-0.1, -0.05) is 0 Å². The van der Waals surface area contributed by atoms with Gasteiger partial charge in [0.05, 0.1) is 16.1 Å². The predicted molar refractivity (Wildman–Crippen MR) is 48.6 cm³/mol. The molecule has 4 nitrogen and oxygen atoms in total. The van der Waals surface area contributed by atoms with E-state index in [1.807, 2.05) is 22.6 Å². The van der Waals surface area contributed by atoms with E-state index in [4.69, 9.17) is 5.73 Å². The number of nitrogens with zero attached hydrogens (tertiary/aromatic N) is 3. The summed E-state index contributed by atoms with van der Waals surface area (Å²) in [4.78, 5) is 3.87. The van der Waals surface area contributed by atoms with Crippen LogP contribution in [0, 0.1) is 0 Å². The Balaban J connectivity index is 3.03. The maximum absolute atomic E-state index is 5.49. The van der Waals surface area contributed by atoms with Gasteiger partial charge < -0.3 is 5.73 Å². The molecule has 0 fully saturated rings. The number of hydrogen-bond donors (Lipinski definition) is 1. The monoisotopic (exact) mass is 248 g/mol. The number of nitrogen functional groups attached to an aromatic ring is 1. The summed E-state index contributed by atoms with van der Waals surface area (Å²) >= 11 is 1.99. The number of aliphatic imine (C=N–C) groups is 1. The Morgan fingerprint density at radius 3 is 3.10 bits per heavy atom. The summed E-state index contributed by atoms with van der Waals surface area (Å²) in [7, 11) is 0.